The minimum absolute atomic E-state index is 0. The van der Waals surface area contributed by atoms with Gasteiger partial charge in [-0.3, -0.25) is 4.90 Å². The molecule has 0 bridgehead atoms. The molecule has 0 amide bonds. The Morgan fingerprint density at radius 3 is 2.45 bits per heavy atom. The Kier molecular flexibility index (Phi) is 13.7. The molecule has 6 nitrogen and oxygen atoms in total. The summed E-state index contributed by atoms with van der Waals surface area (Å²) in [6, 6.07) is 8.73. The highest BCUT2D eigenvalue weighted by Gasteiger charge is 2.24. The second-order valence-corrected chi connectivity index (χ2v) is 8.91. The standard InChI is InChI=1S/C26H44N4O2.HI/c1-4-27-26(28-19-22-11-7-8-12-23(22)20-29(5-2)6-3)30-16-14-24(15-17-30)32-21-25-13-9-10-18-31-25;/h7-8,11-12,24-25H,4-6,9-10,13-21H2,1-3H3,(H,27,28);1H. The Hall–Kier alpha value is -0.900. The van der Waals surface area contributed by atoms with Crippen LogP contribution in [0.4, 0.5) is 0 Å². The van der Waals surface area contributed by atoms with Gasteiger partial charge in [-0.15, -0.1) is 24.0 Å². The normalized spacial score (nSPS) is 20.1. The van der Waals surface area contributed by atoms with Crippen molar-refractivity contribution in [2.75, 3.05) is 45.9 Å². The van der Waals surface area contributed by atoms with E-state index in [4.69, 9.17) is 14.5 Å². The molecular weight excluding hydrogens is 527 g/mol. The van der Waals surface area contributed by atoms with Crippen molar-refractivity contribution in [2.24, 2.45) is 4.99 Å². The van der Waals surface area contributed by atoms with Crippen molar-refractivity contribution in [1.29, 1.82) is 0 Å². The number of benzene rings is 1. The molecule has 1 atom stereocenters. The Labute approximate surface area is 218 Å². The van der Waals surface area contributed by atoms with E-state index < -0.39 is 0 Å². The number of halogens is 1. The van der Waals surface area contributed by atoms with Crippen molar-refractivity contribution in [3.05, 3.63) is 35.4 Å². The molecule has 2 fully saturated rings. The molecule has 0 aromatic heterocycles. The van der Waals surface area contributed by atoms with Crippen LogP contribution in [0, 0.1) is 0 Å². The zero-order chi connectivity index (χ0) is 22.6. The van der Waals surface area contributed by atoms with Gasteiger partial charge in [-0.25, -0.2) is 4.99 Å². The maximum absolute atomic E-state index is 6.20. The maximum Gasteiger partial charge on any atom is 0.194 e. The number of guanidine groups is 1. The quantitative estimate of drug-likeness (QED) is 0.251. The number of ether oxygens (including phenoxy) is 2. The lowest BCUT2D eigenvalue weighted by atomic mass is 10.1. The van der Waals surface area contributed by atoms with E-state index >= 15 is 0 Å². The van der Waals surface area contributed by atoms with E-state index in [0.717, 1.165) is 84.2 Å². The summed E-state index contributed by atoms with van der Waals surface area (Å²) in [7, 11) is 0. The highest BCUT2D eigenvalue weighted by atomic mass is 127. The zero-order valence-electron chi connectivity index (χ0n) is 20.9. The van der Waals surface area contributed by atoms with E-state index in [1.807, 2.05) is 0 Å². The minimum atomic E-state index is 0. The molecule has 0 saturated carbocycles. The first kappa shape index (κ1) is 28.3. The first-order chi connectivity index (χ1) is 15.7. The van der Waals surface area contributed by atoms with Crippen LogP contribution in [0.1, 0.15) is 64.0 Å². The number of hydrogen-bond acceptors (Lipinski definition) is 4. The van der Waals surface area contributed by atoms with E-state index in [-0.39, 0.29) is 24.0 Å². The second kappa shape index (κ2) is 15.9. The van der Waals surface area contributed by atoms with E-state index in [0.29, 0.717) is 12.2 Å². The van der Waals surface area contributed by atoms with Crippen molar-refractivity contribution in [1.82, 2.24) is 15.1 Å². The third-order valence-corrected chi connectivity index (χ3v) is 6.67. The highest BCUT2D eigenvalue weighted by molar-refractivity contribution is 14.0. The summed E-state index contributed by atoms with van der Waals surface area (Å²) < 4.78 is 12.0. The molecule has 0 spiro atoms. The molecule has 7 heteroatoms. The summed E-state index contributed by atoms with van der Waals surface area (Å²) in [5.41, 5.74) is 2.70. The van der Waals surface area contributed by atoms with Gasteiger partial charge in [0, 0.05) is 32.8 Å². The van der Waals surface area contributed by atoms with Crippen molar-refractivity contribution in [2.45, 2.75) is 78.2 Å². The fraction of sp³-hybridized carbons (Fsp3) is 0.731. The van der Waals surface area contributed by atoms with E-state index in [9.17, 15) is 0 Å². The molecule has 2 saturated heterocycles. The number of nitrogens with zero attached hydrogens (tertiary/aromatic N) is 3. The number of piperidine rings is 1. The van der Waals surface area contributed by atoms with Crippen molar-refractivity contribution < 1.29 is 9.47 Å². The van der Waals surface area contributed by atoms with Gasteiger partial charge < -0.3 is 19.7 Å². The van der Waals surface area contributed by atoms with E-state index in [1.54, 1.807) is 0 Å². The van der Waals surface area contributed by atoms with E-state index in [2.05, 4.69) is 60.2 Å². The smallest absolute Gasteiger partial charge is 0.194 e. The lowest BCUT2D eigenvalue weighted by Gasteiger charge is -2.35. The van der Waals surface area contributed by atoms with Crippen molar-refractivity contribution in [3.8, 4) is 0 Å². The van der Waals surface area contributed by atoms with Crippen LogP contribution in [0.25, 0.3) is 0 Å². The van der Waals surface area contributed by atoms with Crippen LogP contribution in [0.15, 0.2) is 29.3 Å². The molecular formula is C26H45IN4O2. The predicted octanol–water partition coefficient (Wildman–Crippen LogP) is 4.66. The van der Waals surface area contributed by atoms with Gasteiger partial charge in [0.1, 0.15) is 0 Å². The Morgan fingerprint density at radius 1 is 1.09 bits per heavy atom. The monoisotopic (exact) mass is 572 g/mol. The largest absolute Gasteiger partial charge is 0.376 e. The molecule has 3 rings (SSSR count). The lowest BCUT2D eigenvalue weighted by Crippen LogP contribution is -2.47. The van der Waals surface area contributed by atoms with Gasteiger partial charge in [-0.05, 0) is 63.2 Å². The van der Waals surface area contributed by atoms with Crippen LogP contribution in [0.3, 0.4) is 0 Å². The fourth-order valence-electron chi connectivity index (χ4n) is 4.56. The Morgan fingerprint density at radius 2 is 1.82 bits per heavy atom. The average molecular weight is 573 g/mol. The van der Waals surface area contributed by atoms with Crippen LogP contribution >= 0.6 is 24.0 Å². The van der Waals surface area contributed by atoms with Gasteiger partial charge in [0.2, 0.25) is 0 Å². The fourth-order valence-corrected chi connectivity index (χ4v) is 4.56. The van der Waals surface area contributed by atoms with Crippen LogP contribution < -0.4 is 5.32 Å². The van der Waals surface area contributed by atoms with Gasteiger partial charge in [-0.1, -0.05) is 38.1 Å². The first-order valence-electron chi connectivity index (χ1n) is 12.8. The highest BCUT2D eigenvalue weighted by Crippen LogP contribution is 2.19. The topological polar surface area (TPSA) is 49.3 Å². The summed E-state index contributed by atoms with van der Waals surface area (Å²) in [4.78, 5) is 9.88. The van der Waals surface area contributed by atoms with Crippen LogP contribution in [0.2, 0.25) is 0 Å². The van der Waals surface area contributed by atoms with Crippen molar-refractivity contribution in [3.63, 3.8) is 0 Å². The molecule has 1 aromatic rings. The summed E-state index contributed by atoms with van der Waals surface area (Å²) in [6.07, 6.45) is 6.36. The van der Waals surface area contributed by atoms with Gasteiger partial charge >= 0.3 is 0 Å². The zero-order valence-corrected chi connectivity index (χ0v) is 23.3. The summed E-state index contributed by atoms with van der Waals surface area (Å²) in [5.74, 6) is 1.03. The van der Waals surface area contributed by atoms with Gasteiger partial charge in [-0.2, -0.15) is 0 Å². The molecule has 188 valence electrons. The molecule has 1 N–H and O–H groups in total. The Bertz CT molecular complexity index is 685. The maximum atomic E-state index is 6.20. The molecule has 0 aliphatic carbocycles. The van der Waals surface area contributed by atoms with Crippen molar-refractivity contribution >= 4 is 29.9 Å². The first-order valence-corrected chi connectivity index (χ1v) is 12.8. The Balaban J connectivity index is 0.00000385. The molecule has 0 radical (unpaired) electrons. The molecule has 2 aliphatic rings. The predicted molar refractivity (Wildman–Crippen MR) is 147 cm³/mol. The molecule has 1 unspecified atom stereocenters. The molecule has 2 aliphatic heterocycles. The number of aliphatic imine (C=N–C) groups is 1. The van der Waals surface area contributed by atoms with Crippen LogP contribution in [0.5, 0.6) is 0 Å². The summed E-state index contributed by atoms with van der Waals surface area (Å²) in [6.45, 7) is 15.0. The number of nitrogens with one attached hydrogen (secondary N) is 1. The average Bonchev–Trinajstić information content (AvgIpc) is 2.85. The van der Waals surface area contributed by atoms with Crippen LogP contribution in [-0.2, 0) is 22.6 Å². The summed E-state index contributed by atoms with van der Waals surface area (Å²) >= 11 is 0. The third-order valence-electron chi connectivity index (χ3n) is 6.67. The number of likely N-dealkylation sites (tertiary alicyclic amines) is 1. The molecule has 1 aromatic carbocycles. The van der Waals surface area contributed by atoms with Crippen LogP contribution in [-0.4, -0.2) is 73.9 Å². The molecule has 33 heavy (non-hydrogen) atoms. The molecule has 2 heterocycles. The minimum Gasteiger partial charge on any atom is -0.376 e. The van der Waals surface area contributed by atoms with Gasteiger partial charge in [0.25, 0.3) is 0 Å². The SMILES string of the molecule is CCNC(=NCc1ccccc1CN(CC)CC)N1CCC(OCC2CCCCO2)CC1.I. The van der Waals surface area contributed by atoms with Gasteiger partial charge in [0.15, 0.2) is 5.96 Å². The van der Waals surface area contributed by atoms with E-state index in [1.165, 1.54) is 24.0 Å². The lowest BCUT2D eigenvalue weighted by molar-refractivity contribution is -0.0721. The second-order valence-electron chi connectivity index (χ2n) is 8.91. The third kappa shape index (κ3) is 9.34. The van der Waals surface area contributed by atoms with Gasteiger partial charge in [0.05, 0.1) is 25.4 Å². The summed E-state index contributed by atoms with van der Waals surface area (Å²) in [5, 5.41) is 3.51. The number of rotatable bonds is 10. The number of hydrogen-bond donors (Lipinski definition) is 1.